The lowest BCUT2D eigenvalue weighted by atomic mass is 9.45. The molecule has 0 amide bonds. The lowest BCUT2D eigenvalue weighted by Gasteiger charge is -2.61. The fourth-order valence-electron chi connectivity index (χ4n) is 9.41. The third kappa shape index (κ3) is 3.31. The molecule has 0 radical (unpaired) electrons. The normalized spacial score (nSPS) is 43.6. The van der Waals surface area contributed by atoms with E-state index in [1.165, 1.54) is 11.3 Å². The Morgan fingerprint density at radius 3 is 2.74 bits per heavy atom. The number of hydrogen-bond donors (Lipinski definition) is 2. The van der Waals surface area contributed by atoms with Crippen molar-refractivity contribution in [2.45, 2.75) is 83.1 Å². The van der Waals surface area contributed by atoms with Crippen LogP contribution in [0.4, 0.5) is 4.39 Å². The molecule has 7 rings (SSSR count). The van der Waals surface area contributed by atoms with Gasteiger partial charge in [0.2, 0.25) is 5.13 Å². The van der Waals surface area contributed by atoms with Crippen LogP contribution in [-0.4, -0.2) is 67.1 Å². The highest BCUT2D eigenvalue weighted by Crippen LogP contribution is 2.71. The average molecular weight is 623 g/mol. The van der Waals surface area contributed by atoms with Gasteiger partial charge < -0.3 is 19.7 Å². The molecule has 4 aliphatic carbocycles. The number of ketones is 1. The van der Waals surface area contributed by atoms with Crippen LogP contribution in [0, 0.1) is 28.6 Å². The molecule has 8 nitrogen and oxygen atoms in total. The summed E-state index contributed by atoms with van der Waals surface area (Å²) in [6.07, 6.45) is 4.63. The van der Waals surface area contributed by atoms with Crippen LogP contribution >= 0.6 is 27.3 Å². The number of carbonyl (C=O) groups is 1. The van der Waals surface area contributed by atoms with E-state index < -0.39 is 53.0 Å². The molecule has 3 saturated carbocycles. The van der Waals surface area contributed by atoms with Gasteiger partial charge in [-0.3, -0.25) is 4.79 Å². The number of allylic oxidation sites excluding steroid dienone is 1. The van der Waals surface area contributed by atoms with E-state index in [1.54, 1.807) is 24.7 Å². The number of thiazole rings is 1. The van der Waals surface area contributed by atoms with Crippen molar-refractivity contribution in [3.8, 4) is 5.13 Å². The van der Waals surface area contributed by atoms with Gasteiger partial charge in [-0.05, 0) is 90.4 Å². The number of ether oxygens (including phenoxy) is 2. The highest BCUT2D eigenvalue weighted by molar-refractivity contribution is 9.11. The van der Waals surface area contributed by atoms with Crippen LogP contribution in [0.25, 0.3) is 11.2 Å². The molecule has 11 heteroatoms. The van der Waals surface area contributed by atoms with Gasteiger partial charge in [0.1, 0.15) is 12.8 Å². The zero-order valence-electron chi connectivity index (χ0n) is 22.4. The predicted molar refractivity (Wildman–Crippen MR) is 145 cm³/mol. The summed E-state index contributed by atoms with van der Waals surface area (Å²) in [6.45, 7) is 6.94. The standard InChI is InChI=1S/C28H33BrFN3O5S/c1-25(2)37-21-7-15-14-5-17(30)16-6-18-13(10-32-33(18)24-31-11-22(29)39-24)8-26(16,3)23(14)19(35)9-27(15,4)28(21,38-25)20(36)12-34/h6,10-11,14-15,17,19,21,23,34-35H,5,7-9,12H2,1-4H3/t14-,15-,17-,19-,21+,23+,26-,27-,28+/m0/s1. The molecule has 5 aliphatic rings. The van der Waals surface area contributed by atoms with E-state index in [4.69, 9.17) is 9.47 Å². The summed E-state index contributed by atoms with van der Waals surface area (Å²) >= 11 is 4.92. The Bertz CT molecular complexity index is 1410. The molecule has 0 spiro atoms. The molecule has 2 N–H and O–H groups in total. The number of hydrogen-bond acceptors (Lipinski definition) is 8. The predicted octanol–water partition coefficient (Wildman–Crippen LogP) is 4.25. The van der Waals surface area contributed by atoms with Gasteiger partial charge in [-0.25, -0.2) is 14.1 Å². The Labute approximate surface area is 238 Å². The van der Waals surface area contributed by atoms with Crippen LogP contribution in [0.5, 0.6) is 0 Å². The molecular weight excluding hydrogens is 589 g/mol. The van der Waals surface area contributed by atoms with E-state index in [1.807, 2.05) is 19.2 Å². The Hall–Kier alpha value is -1.50. The molecule has 0 aromatic carbocycles. The fourth-order valence-corrected chi connectivity index (χ4v) is 10.6. The van der Waals surface area contributed by atoms with Crippen LogP contribution in [0.2, 0.25) is 0 Å². The van der Waals surface area contributed by atoms with E-state index in [0.29, 0.717) is 30.0 Å². The number of aliphatic hydroxyl groups is 2. The summed E-state index contributed by atoms with van der Waals surface area (Å²) in [4.78, 5) is 17.8. The fraction of sp³-hybridized carbons (Fsp3) is 0.679. The molecule has 210 valence electrons. The molecular formula is C28H33BrFN3O5S. The Kier molecular flexibility index (Phi) is 5.61. The molecule has 0 bridgehead atoms. The van der Waals surface area contributed by atoms with Crippen molar-refractivity contribution in [3.63, 3.8) is 0 Å². The molecule has 2 aromatic heterocycles. The minimum Gasteiger partial charge on any atom is -0.393 e. The molecule has 3 heterocycles. The molecule has 4 fully saturated rings. The van der Waals surface area contributed by atoms with Gasteiger partial charge in [0.25, 0.3) is 0 Å². The maximum absolute atomic E-state index is 16.3. The SMILES string of the molecule is CC1(C)O[C@@H]2C[C@H]3[C@@H]4C[C@H](F)C5=Cc6c(cnn6-c6ncc(Br)s6)C[C@]5(C)[C@H]4[C@@H](O)C[C@]3(C)[C@]2(C(=O)CO)O1. The molecule has 1 saturated heterocycles. The van der Waals surface area contributed by atoms with Crippen molar-refractivity contribution >= 4 is 39.1 Å². The first kappa shape index (κ1) is 26.4. The van der Waals surface area contributed by atoms with Gasteiger partial charge in [-0.1, -0.05) is 25.2 Å². The van der Waals surface area contributed by atoms with Crippen molar-refractivity contribution in [2.75, 3.05) is 6.61 Å². The van der Waals surface area contributed by atoms with Crippen molar-refractivity contribution in [1.82, 2.24) is 14.8 Å². The first-order valence-electron chi connectivity index (χ1n) is 13.6. The number of nitrogens with zero attached hydrogens (tertiary/aromatic N) is 3. The largest absolute Gasteiger partial charge is 0.393 e. The van der Waals surface area contributed by atoms with Crippen LogP contribution < -0.4 is 0 Å². The third-order valence-corrected chi connectivity index (χ3v) is 12.1. The van der Waals surface area contributed by atoms with E-state index in [-0.39, 0.29) is 24.2 Å². The van der Waals surface area contributed by atoms with Crippen LogP contribution in [0.1, 0.15) is 58.2 Å². The zero-order valence-corrected chi connectivity index (χ0v) is 24.8. The van der Waals surface area contributed by atoms with Crippen LogP contribution in [0.3, 0.4) is 0 Å². The highest BCUT2D eigenvalue weighted by Gasteiger charge is 2.77. The van der Waals surface area contributed by atoms with Gasteiger partial charge in [-0.15, -0.1) is 0 Å². The highest BCUT2D eigenvalue weighted by atomic mass is 79.9. The number of aromatic nitrogens is 3. The van der Waals surface area contributed by atoms with Crippen molar-refractivity contribution in [2.24, 2.45) is 28.6 Å². The minimum absolute atomic E-state index is 0.101. The molecule has 2 aromatic rings. The summed E-state index contributed by atoms with van der Waals surface area (Å²) in [5.74, 6) is -1.89. The number of carbonyl (C=O) groups excluding carboxylic acids is 1. The Morgan fingerprint density at radius 1 is 1.28 bits per heavy atom. The second kappa shape index (κ2) is 8.29. The summed E-state index contributed by atoms with van der Waals surface area (Å²) in [5, 5.41) is 27.2. The van der Waals surface area contributed by atoms with Crippen LogP contribution in [0.15, 0.2) is 21.8 Å². The topological polar surface area (TPSA) is 107 Å². The number of Topliss-reactive ketones (excluding diaryl/α,β-unsaturated/α-hetero) is 1. The molecule has 39 heavy (non-hydrogen) atoms. The average Bonchev–Trinajstić information content (AvgIpc) is 3.58. The first-order chi connectivity index (χ1) is 18.3. The van der Waals surface area contributed by atoms with E-state index in [2.05, 4.69) is 32.9 Å². The second-order valence-electron chi connectivity index (χ2n) is 13.0. The van der Waals surface area contributed by atoms with Crippen molar-refractivity contribution in [1.29, 1.82) is 0 Å². The maximum Gasteiger partial charge on any atom is 0.211 e. The third-order valence-electron chi connectivity index (χ3n) is 10.6. The minimum atomic E-state index is -1.37. The number of rotatable bonds is 3. The monoisotopic (exact) mass is 621 g/mol. The van der Waals surface area contributed by atoms with Gasteiger partial charge in [0, 0.05) is 10.8 Å². The summed E-state index contributed by atoms with van der Waals surface area (Å²) in [7, 11) is 0. The zero-order chi connectivity index (χ0) is 27.7. The number of fused-ring (bicyclic) bond motifs is 8. The Balaban J connectivity index is 1.30. The Morgan fingerprint density at radius 2 is 2.05 bits per heavy atom. The molecule has 1 aliphatic heterocycles. The van der Waals surface area contributed by atoms with Crippen LogP contribution in [-0.2, 0) is 20.7 Å². The maximum atomic E-state index is 16.3. The molecule has 0 unspecified atom stereocenters. The second-order valence-corrected chi connectivity index (χ2v) is 15.3. The number of aliphatic hydroxyl groups excluding tert-OH is 2. The van der Waals surface area contributed by atoms with E-state index in [9.17, 15) is 15.0 Å². The first-order valence-corrected chi connectivity index (χ1v) is 15.2. The summed E-state index contributed by atoms with van der Waals surface area (Å²) in [6, 6.07) is 0. The van der Waals surface area contributed by atoms with Crippen molar-refractivity contribution in [3.05, 3.63) is 33.0 Å². The smallest absolute Gasteiger partial charge is 0.211 e. The van der Waals surface area contributed by atoms with Crippen molar-refractivity contribution < 1.29 is 28.9 Å². The van der Waals surface area contributed by atoms with Gasteiger partial charge >= 0.3 is 0 Å². The van der Waals surface area contributed by atoms with Gasteiger partial charge in [-0.2, -0.15) is 5.10 Å². The number of halogens is 2. The van der Waals surface area contributed by atoms with E-state index >= 15 is 4.39 Å². The quantitative estimate of drug-likeness (QED) is 0.527. The number of alkyl halides is 1. The summed E-state index contributed by atoms with van der Waals surface area (Å²) < 4.78 is 31.7. The van der Waals surface area contributed by atoms with E-state index in [0.717, 1.165) is 15.0 Å². The molecule has 9 atom stereocenters. The van der Waals surface area contributed by atoms with Gasteiger partial charge in [0.15, 0.2) is 17.2 Å². The summed E-state index contributed by atoms with van der Waals surface area (Å²) in [5.41, 5.74) is -0.235. The lowest BCUT2D eigenvalue weighted by Crippen LogP contribution is -2.65. The van der Waals surface area contributed by atoms with Gasteiger partial charge in [0.05, 0.1) is 34.1 Å². The lowest BCUT2D eigenvalue weighted by molar-refractivity contribution is -0.228.